The Hall–Kier alpha value is -2.67. The van der Waals surface area contributed by atoms with E-state index in [1.54, 1.807) is 4.90 Å². The van der Waals surface area contributed by atoms with Crippen LogP contribution in [-0.4, -0.2) is 35.4 Å². The number of hydrogen-bond donors (Lipinski definition) is 1. The van der Waals surface area contributed by atoms with Crippen LogP contribution in [0, 0.1) is 5.82 Å². The summed E-state index contributed by atoms with van der Waals surface area (Å²) >= 11 is 5.92. The summed E-state index contributed by atoms with van der Waals surface area (Å²) in [6.07, 6.45) is 1.78. The molecule has 2 heterocycles. The fraction of sp³-hybridized carbons (Fsp3) is 0.235. The number of anilines is 1. The van der Waals surface area contributed by atoms with Gasteiger partial charge < -0.3 is 15.4 Å². The van der Waals surface area contributed by atoms with Gasteiger partial charge in [0, 0.05) is 19.3 Å². The Labute approximate surface area is 148 Å². The maximum Gasteiger partial charge on any atom is 0.338 e. The van der Waals surface area contributed by atoms with Gasteiger partial charge >= 0.3 is 5.97 Å². The zero-order chi connectivity index (χ0) is 18.1. The Morgan fingerprint density at radius 1 is 1.36 bits per heavy atom. The van der Waals surface area contributed by atoms with Crippen molar-refractivity contribution in [2.45, 2.75) is 13.0 Å². The first-order valence-electron chi connectivity index (χ1n) is 7.50. The molecular formula is C17H15ClFN3O3. The van der Waals surface area contributed by atoms with E-state index in [-0.39, 0.29) is 28.9 Å². The highest BCUT2D eigenvalue weighted by Crippen LogP contribution is 2.26. The van der Waals surface area contributed by atoms with Crippen molar-refractivity contribution < 1.29 is 18.7 Å². The Balaban J connectivity index is 1.93. The third-order valence-electron chi connectivity index (χ3n) is 4.12. The molecule has 0 aliphatic carbocycles. The average molecular weight is 364 g/mol. The highest BCUT2D eigenvalue weighted by Gasteiger charge is 2.27. The number of pyridine rings is 1. The predicted molar refractivity (Wildman–Crippen MR) is 89.8 cm³/mol. The molecule has 0 spiro atoms. The van der Waals surface area contributed by atoms with Crippen LogP contribution in [0.5, 0.6) is 0 Å². The molecule has 2 aromatic rings. The van der Waals surface area contributed by atoms with Crippen molar-refractivity contribution in [3.63, 3.8) is 0 Å². The van der Waals surface area contributed by atoms with Crippen LogP contribution in [0.4, 0.5) is 10.2 Å². The van der Waals surface area contributed by atoms with Crippen LogP contribution < -0.4 is 5.73 Å². The summed E-state index contributed by atoms with van der Waals surface area (Å²) in [5.41, 5.74) is 7.26. The highest BCUT2D eigenvalue weighted by molar-refractivity contribution is 6.33. The van der Waals surface area contributed by atoms with Gasteiger partial charge in [-0.1, -0.05) is 11.6 Å². The molecule has 1 aliphatic rings. The molecule has 0 saturated carbocycles. The molecule has 0 saturated heterocycles. The Morgan fingerprint density at radius 3 is 2.80 bits per heavy atom. The monoisotopic (exact) mass is 363 g/mol. The average Bonchev–Trinajstić information content (AvgIpc) is 2.61. The number of aromatic nitrogens is 1. The van der Waals surface area contributed by atoms with Gasteiger partial charge in [-0.3, -0.25) is 4.79 Å². The van der Waals surface area contributed by atoms with Gasteiger partial charge in [0.25, 0.3) is 5.91 Å². The van der Waals surface area contributed by atoms with Gasteiger partial charge in [0.15, 0.2) is 0 Å². The molecule has 130 valence electrons. The van der Waals surface area contributed by atoms with Crippen LogP contribution in [-0.2, 0) is 17.7 Å². The zero-order valence-corrected chi connectivity index (χ0v) is 14.1. The van der Waals surface area contributed by atoms with E-state index < -0.39 is 11.8 Å². The molecule has 8 heteroatoms. The van der Waals surface area contributed by atoms with E-state index in [4.69, 9.17) is 22.1 Å². The lowest BCUT2D eigenvalue weighted by Gasteiger charge is -2.30. The number of amides is 1. The molecule has 1 aromatic heterocycles. The Kier molecular flexibility index (Phi) is 4.59. The van der Waals surface area contributed by atoms with Gasteiger partial charge in [0.2, 0.25) is 0 Å². The van der Waals surface area contributed by atoms with Crippen molar-refractivity contribution in [3.8, 4) is 0 Å². The van der Waals surface area contributed by atoms with Crippen LogP contribution >= 0.6 is 11.6 Å². The molecule has 0 atom stereocenters. The summed E-state index contributed by atoms with van der Waals surface area (Å²) in [6.45, 7) is 0.554. The smallest absolute Gasteiger partial charge is 0.338 e. The van der Waals surface area contributed by atoms with Crippen molar-refractivity contribution in [1.82, 2.24) is 9.88 Å². The standard InChI is InChI=1S/C17H15ClFN3O3/c1-25-17(24)12-6-11(19)4-9-2-3-22(8-13(9)12)16(23)10-5-14(18)15(20)21-7-10/h4-7H,2-3,8H2,1H3,(H2,20,21). The molecule has 0 bridgehead atoms. The largest absolute Gasteiger partial charge is 0.465 e. The number of halogens is 2. The number of fused-ring (bicyclic) bond motifs is 1. The van der Waals surface area contributed by atoms with Crippen LogP contribution in [0.3, 0.4) is 0 Å². The van der Waals surface area contributed by atoms with Gasteiger partial charge in [0.05, 0.1) is 23.3 Å². The van der Waals surface area contributed by atoms with Gasteiger partial charge in [-0.15, -0.1) is 0 Å². The van der Waals surface area contributed by atoms with E-state index in [9.17, 15) is 14.0 Å². The first-order valence-corrected chi connectivity index (χ1v) is 7.88. The minimum absolute atomic E-state index is 0.128. The number of rotatable bonds is 2. The van der Waals surface area contributed by atoms with Gasteiger partial charge in [-0.2, -0.15) is 0 Å². The molecule has 6 nitrogen and oxygen atoms in total. The highest BCUT2D eigenvalue weighted by atomic mass is 35.5. The van der Waals surface area contributed by atoms with Crippen molar-refractivity contribution in [1.29, 1.82) is 0 Å². The normalized spacial score (nSPS) is 13.3. The number of nitrogens with zero attached hydrogens (tertiary/aromatic N) is 2. The van der Waals surface area contributed by atoms with Gasteiger partial charge in [-0.05, 0) is 35.7 Å². The third kappa shape index (κ3) is 3.28. The molecule has 0 fully saturated rings. The van der Waals surface area contributed by atoms with Gasteiger partial charge in [0.1, 0.15) is 11.6 Å². The fourth-order valence-electron chi connectivity index (χ4n) is 2.84. The number of benzene rings is 1. The summed E-state index contributed by atoms with van der Waals surface area (Å²) in [5.74, 6) is -1.29. The fourth-order valence-corrected chi connectivity index (χ4v) is 3.01. The van der Waals surface area contributed by atoms with E-state index >= 15 is 0 Å². The number of ether oxygens (including phenoxy) is 1. The minimum atomic E-state index is -0.637. The molecule has 0 radical (unpaired) electrons. The lowest BCUT2D eigenvalue weighted by molar-refractivity contribution is 0.0591. The summed E-state index contributed by atoms with van der Waals surface area (Å²) in [7, 11) is 1.23. The van der Waals surface area contributed by atoms with Crippen LogP contribution in [0.15, 0.2) is 24.4 Å². The van der Waals surface area contributed by atoms with E-state index in [0.29, 0.717) is 29.7 Å². The summed E-state index contributed by atoms with van der Waals surface area (Å²) in [5, 5.41) is 0.195. The molecule has 2 N–H and O–H groups in total. The van der Waals surface area contributed by atoms with E-state index in [2.05, 4.69) is 4.98 Å². The molecule has 25 heavy (non-hydrogen) atoms. The molecule has 1 amide bonds. The quantitative estimate of drug-likeness (QED) is 0.828. The lowest BCUT2D eigenvalue weighted by Crippen LogP contribution is -2.37. The number of esters is 1. The minimum Gasteiger partial charge on any atom is -0.465 e. The summed E-state index contributed by atoms with van der Waals surface area (Å²) in [6, 6.07) is 3.96. The van der Waals surface area contributed by atoms with Crippen molar-refractivity contribution >= 4 is 29.3 Å². The third-order valence-corrected chi connectivity index (χ3v) is 4.42. The molecule has 0 unspecified atom stereocenters. The number of nitrogens with two attached hydrogens (primary N) is 1. The van der Waals surface area contributed by atoms with Crippen molar-refractivity contribution in [2.75, 3.05) is 19.4 Å². The predicted octanol–water partition coefficient (Wildman–Crippen LogP) is 2.44. The number of methoxy groups -OCH3 is 1. The van der Waals surface area contributed by atoms with E-state index in [1.165, 1.54) is 25.4 Å². The van der Waals surface area contributed by atoms with Crippen LogP contribution in [0.1, 0.15) is 31.8 Å². The molecule has 1 aliphatic heterocycles. The first kappa shape index (κ1) is 17.2. The number of carbonyl (C=O) groups excluding carboxylic acids is 2. The van der Waals surface area contributed by atoms with E-state index in [1.807, 2.05) is 0 Å². The number of carbonyl (C=O) groups is 2. The maximum atomic E-state index is 13.7. The topological polar surface area (TPSA) is 85.5 Å². The van der Waals surface area contributed by atoms with Gasteiger partial charge in [-0.25, -0.2) is 14.2 Å². The second-order valence-corrected chi connectivity index (χ2v) is 6.06. The second-order valence-electron chi connectivity index (χ2n) is 5.65. The maximum absolute atomic E-state index is 13.7. The zero-order valence-electron chi connectivity index (χ0n) is 13.4. The van der Waals surface area contributed by atoms with Crippen molar-refractivity contribution in [3.05, 3.63) is 57.5 Å². The Morgan fingerprint density at radius 2 is 2.12 bits per heavy atom. The van der Waals surface area contributed by atoms with Crippen molar-refractivity contribution in [2.24, 2.45) is 0 Å². The second kappa shape index (κ2) is 6.68. The summed E-state index contributed by atoms with van der Waals surface area (Å²) in [4.78, 5) is 30.1. The molecule has 1 aromatic carbocycles. The van der Waals surface area contributed by atoms with Crippen LogP contribution in [0.2, 0.25) is 5.02 Å². The number of nitrogen functional groups attached to an aromatic ring is 1. The molecular weight excluding hydrogens is 349 g/mol. The molecule has 3 rings (SSSR count). The Bertz CT molecular complexity index is 872. The number of hydrogen-bond acceptors (Lipinski definition) is 5. The SMILES string of the molecule is COC(=O)c1cc(F)cc2c1CN(C(=O)c1cnc(N)c(Cl)c1)CC2. The summed E-state index contributed by atoms with van der Waals surface area (Å²) < 4.78 is 18.4. The van der Waals surface area contributed by atoms with E-state index in [0.717, 1.165) is 6.07 Å². The lowest BCUT2D eigenvalue weighted by atomic mass is 9.94. The van der Waals surface area contributed by atoms with Crippen LogP contribution in [0.25, 0.3) is 0 Å². The first-order chi connectivity index (χ1) is 11.9.